The summed E-state index contributed by atoms with van der Waals surface area (Å²) in [7, 11) is 0. The molecule has 0 aliphatic carbocycles. The van der Waals surface area contributed by atoms with Crippen LogP contribution in [0.15, 0.2) is 36.6 Å². The van der Waals surface area contributed by atoms with E-state index in [2.05, 4.69) is 12.3 Å². The quantitative estimate of drug-likeness (QED) is 0.522. The van der Waals surface area contributed by atoms with Crippen LogP contribution in [0.25, 0.3) is 0 Å². The highest BCUT2D eigenvalue weighted by Gasteiger charge is 2.31. The number of allylic oxidation sites excluding steroid dienone is 1. The molecule has 80 valence electrons. The second-order valence-electron chi connectivity index (χ2n) is 2.96. The molecule has 0 atom stereocenters. The van der Waals surface area contributed by atoms with Gasteiger partial charge in [0.1, 0.15) is 5.82 Å². The van der Waals surface area contributed by atoms with Crippen molar-refractivity contribution in [2.45, 2.75) is 12.6 Å². The van der Waals surface area contributed by atoms with Crippen LogP contribution in [0.3, 0.4) is 0 Å². The van der Waals surface area contributed by atoms with Gasteiger partial charge in [-0.25, -0.2) is 4.39 Å². The van der Waals surface area contributed by atoms with Gasteiger partial charge in [-0.2, -0.15) is 13.2 Å². The molecule has 0 N–H and O–H groups in total. The normalized spacial score (nSPS) is 10.9. The Labute approximate surface area is 84.5 Å². The smallest absolute Gasteiger partial charge is 0.207 e. The van der Waals surface area contributed by atoms with E-state index >= 15 is 0 Å². The molecule has 0 heterocycles. The Morgan fingerprint density at radius 1 is 1.27 bits per heavy atom. The molecule has 1 aromatic rings. The van der Waals surface area contributed by atoms with Crippen molar-refractivity contribution in [1.29, 1.82) is 0 Å². The summed E-state index contributed by atoms with van der Waals surface area (Å²) in [6, 6.07) is 2.45. The fourth-order valence-corrected chi connectivity index (χ4v) is 1.12. The second kappa shape index (κ2) is 4.32. The highest BCUT2D eigenvalue weighted by Crippen LogP contribution is 2.30. The summed E-state index contributed by atoms with van der Waals surface area (Å²) < 4.78 is 49.6. The third-order valence-corrected chi connectivity index (χ3v) is 1.77. The zero-order valence-corrected chi connectivity index (χ0v) is 7.74. The van der Waals surface area contributed by atoms with Gasteiger partial charge in [0.2, 0.25) is 0 Å². The zero-order chi connectivity index (χ0) is 11.5. The van der Waals surface area contributed by atoms with E-state index in [-0.39, 0.29) is 12.0 Å². The van der Waals surface area contributed by atoms with Gasteiger partial charge in [-0.15, -0.1) is 5.73 Å². The topological polar surface area (TPSA) is 0 Å². The first-order chi connectivity index (χ1) is 6.93. The molecule has 0 saturated carbocycles. The average Bonchev–Trinajstić information content (AvgIpc) is 2.12. The van der Waals surface area contributed by atoms with Crippen LogP contribution in [-0.2, 0) is 12.6 Å². The molecule has 4 heteroatoms. The van der Waals surface area contributed by atoms with Crippen molar-refractivity contribution in [3.8, 4) is 0 Å². The predicted molar refractivity (Wildman–Crippen MR) is 48.8 cm³/mol. The van der Waals surface area contributed by atoms with Crippen LogP contribution >= 0.6 is 0 Å². The van der Waals surface area contributed by atoms with E-state index in [9.17, 15) is 17.6 Å². The molecule has 0 amide bonds. The van der Waals surface area contributed by atoms with Gasteiger partial charge in [-0.05, 0) is 36.3 Å². The van der Waals surface area contributed by atoms with Gasteiger partial charge in [0.15, 0.2) is 0 Å². The predicted octanol–water partition coefficient (Wildman–Crippen LogP) is 3.73. The van der Waals surface area contributed by atoms with E-state index in [1.807, 2.05) is 0 Å². The lowest BCUT2D eigenvalue weighted by atomic mass is 10.1. The van der Waals surface area contributed by atoms with Crippen molar-refractivity contribution in [3.05, 3.63) is 53.5 Å². The number of rotatable bonds is 2. The summed E-state index contributed by atoms with van der Waals surface area (Å²) in [5.74, 6) is -0.891. The molecule has 0 nitrogen and oxygen atoms in total. The molecule has 0 bridgehead atoms. The molecule has 1 aromatic carbocycles. The van der Waals surface area contributed by atoms with Crippen LogP contribution in [0.2, 0.25) is 0 Å². The fourth-order valence-electron chi connectivity index (χ4n) is 1.12. The van der Waals surface area contributed by atoms with Crippen LogP contribution in [0.5, 0.6) is 0 Å². The second-order valence-corrected chi connectivity index (χ2v) is 2.96. The van der Waals surface area contributed by atoms with Crippen molar-refractivity contribution < 1.29 is 17.6 Å². The number of hydrogen-bond donors (Lipinski definition) is 0. The number of hydrogen-bond acceptors (Lipinski definition) is 0. The summed E-state index contributed by atoms with van der Waals surface area (Å²) in [5.41, 5.74) is 1.69. The monoisotopic (exact) mass is 216 g/mol. The van der Waals surface area contributed by atoms with E-state index < -0.39 is 17.6 Å². The van der Waals surface area contributed by atoms with E-state index in [1.165, 1.54) is 6.08 Å². The number of halogens is 4. The average molecular weight is 216 g/mol. The van der Waals surface area contributed by atoms with Crippen LogP contribution < -0.4 is 0 Å². The maximum atomic E-state index is 12.8. The van der Waals surface area contributed by atoms with Crippen molar-refractivity contribution >= 4 is 0 Å². The van der Waals surface area contributed by atoms with Crippen LogP contribution in [0.4, 0.5) is 17.6 Å². The molecule has 15 heavy (non-hydrogen) atoms. The van der Waals surface area contributed by atoms with E-state index in [4.69, 9.17) is 0 Å². The molecule has 0 spiro atoms. The Morgan fingerprint density at radius 3 is 2.47 bits per heavy atom. The molecule has 0 aromatic heterocycles. The van der Waals surface area contributed by atoms with Crippen LogP contribution in [-0.4, -0.2) is 0 Å². The largest absolute Gasteiger partial charge is 0.416 e. The molecular weight excluding hydrogens is 208 g/mol. The molecule has 0 fully saturated rings. The Bertz CT molecular complexity index is 398. The lowest BCUT2D eigenvalue weighted by Gasteiger charge is -2.08. The minimum absolute atomic E-state index is 0.185. The Hall–Kier alpha value is -1.54. The molecule has 0 radical (unpaired) electrons. The fraction of sp³-hybridized carbons (Fsp3) is 0.182. The Balaban J connectivity index is 3.10. The van der Waals surface area contributed by atoms with Gasteiger partial charge < -0.3 is 0 Å². The molecule has 1 rings (SSSR count). The van der Waals surface area contributed by atoms with Gasteiger partial charge in [0.25, 0.3) is 0 Å². The van der Waals surface area contributed by atoms with Crippen molar-refractivity contribution in [2.24, 2.45) is 0 Å². The lowest BCUT2D eigenvalue weighted by Crippen LogP contribution is -2.06. The van der Waals surface area contributed by atoms with E-state index in [0.717, 1.165) is 12.1 Å². The van der Waals surface area contributed by atoms with E-state index in [0.29, 0.717) is 6.07 Å². The van der Waals surface area contributed by atoms with Gasteiger partial charge in [-0.1, -0.05) is 6.58 Å². The van der Waals surface area contributed by atoms with Gasteiger partial charge >= 0.3 is 6.18 Å². The molecule has 0 saturated heterocycles. The first-order valence-corrected chi connectivity index (χ1v) is 4.14. The SMILES string of the molecule is C=C=CCc1cc(F)cc(C(F)(F)F)c1. The molecule has 0 aliphatic heterocycles. The van der Waals surface area contributed by atoms with Crippen LogP contribution in [0.1, 0.15) is 11.1 Å². The van der Waals surface area contributed by atoms with Gasteiger partial charge in [0.05, 0.1) is 5.56 Å². The first kappa shape index (κ1) is 11.5. The highest BCUT2D eigenvalue weighted by atomic mass is 19.4. The van der Waals surface area contributed by atoms with Crippen LogP contribution in [0, 0.1) is 5.82 Å². The standard InChI is InChI=1S/C11H8F4/c1-2-3-4-8-5-9(11(13,14)15)7-10(12)6-8/h3,5-7H,1,4H2. The summed E-state index contributed by atoms with van der Waals surface area (Å²) in [4.78, 5) is 0. The third kappa shape index (κ3) is 3.26. The van der Waals surface area contributed by atoms with Crippen molar-refractivity contribution in [1.82, 2.24) is 0 Å². The summed E-state index contributed by atoms with van der Waals surface area (Å²) >= 11 is 0. The molecular formula is C11H8F4. The highest BCUT2D eigenvalue weighted by molar-refractivity contribution is 5.28. The van der Waals surface area contributed by atoms with Gasteiger partial charge in [-0.3, -0.25) is 0 Å². The third-order valence-electron chi connectivity index (χ3n) is 1.77. The minimum Gasteiger partial charge on any atom is -0.207 e. The van der Waals surface area contributed by atoms with Crippen molar-refractivity contribution in [2.75, 3.05) is 0 Å². The number of benzene rings is 1. The summed E-state index contributed by atoms with van der Waals surface area (Å²) in [6.07, 6.45) is -2.89. The first-order valence-electron chi connectivity index (χ1n) is 4.14. The summed E-state index contributed by atoms with van der Waals surface area (Å²) in [6.45, 7) is 3.27. The molecule has 0 aliphatic rings. The summed E-state index contributed by atoms with van der Waals surface area (Å²) in [5, 5.41) is 0. The van der Waals surface area contributed by atoms with Crippen molar-refractivity contribution in [3.63, 3.8) is 0 Å². The molecule has 0 unspecified atom stereocenters. The maximum absolute atomic E-state index is 12.8. The maximum Gasteiger partial charge on any atom is 0.416 e. The Morgan fingerprint density at radius 2 is 1.93 bits per heavy atom. The minimum atomic E-state index is -4.52. The zero-order valence-electron chi connectivity index (χ0n) is 7.74. The Kier molecular flexibility index (Phi) is 3.32. The van der Waals surface area contributed by atoms with E-state index in [1.54, 1.807) is 0 Å². The lowest BCUT2D eigenvalue weighted by molar-refractivity contribution is -0.137. The number of alkyl halides is 3. The van der Waals surface area contributed by atoms with Gasteiger partial charge in [0, 0.05) is 0 Å².